The lowest BCUT2D eigenvalue weighted by molar-refractivity contribution is 0.0734. The van der Waals surface area contributed by atoms with E-state index < -0.39 is 0 Å². The van der Waals surface area contributed by atoms with E-state index >= 15 is 0 Å². The Hall–Kier alpha value is -2.00. The van der Waals surface area contributed by atoms with E-state index in [0.29, 0.717) is 23.8 Å². The molecule has 0 N–H and O–H groups in total. The second-order valence-corrected chi connectivity index (χ2v) is 7.29. The van der Waals surface area contributed by atoms with Gasteiger partial charge in [-0.05, 0) is 48.6 Å². The molecule has 2 aromatic carbocycles. The molecule has 0 spiro atoms. The summed E-state index contributed by atoms with van der Waals surface area (Å²) >= 11 is 5.70. The van der Waals surface area contributed by atoms with Crippen LogP contribution in [0.1, 0.15) is 49.5 Å². The zero-order valence-electron chi connectivity index (χ0n) is 15.0. The number of benzene rings is 2. The fourth-order valence-electron chi connectivity index (χ4n) is 2.40. The van der Waals surface area contributed by atoms with Gasteiger partial charge in [0.2, 0.25) is 0 Å². The maximum Gasteiger partial charge on any atom is 0.343 e. The van der Waals surface area contributed by atoms with Gasteiger partial charge in [-0.1, -0.05) is 39.0 Å². The normalized spacial score (nSPS) is 11.2. The van der Waals surface area contributed by atoms with Crippen LogP contribution in [0, 0.1) is 0 Å². The maximum atomic E-state index is 12.2. The van der Waals surface area contributed by atoms with Crippen molar-refractivity contribution in [2.24, 2.45) is 0 Å². The third-order valence-corrected chi connectivity index (χ3v) is 4.03. The van der Waals surface area contributed by atoms with Crippen LogP contribution < -0.4 is 9.47 Å². The Labute approximate surface area is 154 Å². The van der Waals surface area contributed by atoms with Crippen LogP contribution in [-0.2, 0) is 5.41 Å². The predicted octanol–water partition coefficient (Wildman–Crippen LogP) is 5.60. The Bertz CT molecular complexity index is 690. The van der Waals surface area contributed by atoms with Crippen LogP contribution >= 0.6 is 11.6 Å². The molecule has 0 bridgehead atoms. The van der Waals surface area contributed by atoms with Crippen molar-refractivity contribution >= 4 is 17.6 Å². The zero-order valence-corrected chi connectivity index (χ0v) is 15.8. The molecule has 0 radical (unpaired) electrons. The van der Waals surface area contributed by atoms with Crippen molar-refractivity contribution < 1.29 is 14.3 Å². The first-order valence-corrected chi connectivity index (χ1v) is 9.06. The van der Waals surface area contributed by atoms with E-state index in [1.807, 2.05) is 30.3 Å². The van der Waals surface area contributed by atoms with Crippen molar-refractivity contribution in [3.63, 3.8) is 0 Å². The van der Waals surface area contributed by atoms with Crippen molar-refractivity contribution in [1.82, 2.24) is 0 Å². The highest BCUT2D eigenvalue weighted by molar-refractivity contribution is 6.17. The Morgan fingerprint density at radius 3 is 2.40 bits per heavy atom. The number of alkyl halides is 1. The second kappa shape index (κ2) is 8.91. The fourth-order valence-corrected chi connectivity index (χ4v) is 2.59. The minimum atomic E-state index is -0.365. The Morgan fingerprint density at radius 2 is 1.76 bits per heavy atom. The summed E-state index contributed by atoms with van der Waals surface area (Å²) in [4.78, 5) is 12.2. The summed E-state index contributed by atoms with van der Waals surface area (Å²) in [5, 5.41) is 0. The molecule has 0 saturated heterocycles. The van der Waals surface area contributed by atoms with Gasteiger partial charge >= 0.3 is 5.97 Å². The van der Waals surface area contributed by atoms with Crippen molar-refractivity contribution in [2.45, 2.75) is 39.0 Å². The largest absolute Gasteiger partial charge is 0.493 e. The van der Waals surface area contributed by atoms with Crippen LogP contribution in [0.25, 0.3) is 0 Å². The van der Waals surface area contributed by atoms with Crippen molar-refractivity contribution in [3.8, 4) is 11.5 Å². The van der Waals surface area contributed by atoms with Gasteiger partial charge in [0.1, 0.15) is 11.5 Å². The van der Waals surface area contributed by atoms with E-state index in [9.17, 15) is 4.79 Å². The number of carbonyl (C=O) groups excluding carboxylic acids is 1. The van der Waals surface area contributed by atoms with Crippen LogP contribution in [0.5, 0.6) is 11.5 Å². The molecular formula is C21H25ClO3. The lowest BCUT2D eigenvalue weighted by Gasteiger charge is -2.23. The third kappa shape index (κ3) is 5.79. The molecule has 0 atom stereocenters. The number of ether oxygens (including phenoxy) is 2. The van der Waals surface area contributed by atoms with Crippen LogP contribution in [0.3, 0.4) is 0 Å². The van der Waals surface area contributed by atoms with Crippen LogP contribution in [0.2, 0.25) is 0 Å². The van der Waals surface area contributed by atoms with E-state index in [-0.39, 0.29) is 11.4 Å². The first kappa shape index (κ1) is 19.3. The summed E-state index contributed by atoms with van der Waals surface area (Å²) in [5.41, 5.74) is 1.41. The number of esters is 1. The van der Waals surface area contributed by atoms with Gasteiger partial charge in [-0.25, -0.2) is 4.79 Å². The molecule has 0 aliphatic heterocycles. The lowest BCUT2D eigenvalue weighted by atomic mass is 9.86. The number of rotatable bonds is 7. The molecule has 2 aromatic rings. The molecule has 0 aromatic heterocycles. The molecule has 0 fully saturated rings. The van der Waals surface area contributed by atoms with E-state index in [1.165, 1.54) is 0 Å². The van der Waals surface area contributed by atoms with Gasteiger partial charge < -0.3 is 9.47 Å². The molecule has 3 nitrogen and oxygen atoms in total. The monoisotopic (exact) mass is 360 g/mol. The molecule has 0 unspecified atom stereocenters. The average molecular weight is 361 g/mol. The Balaban J connectivity index is 2.16. The fraction of sp³-hybridized carbons (Fsp3) is 0.381. The first-order chi connectivity index (χ1) is 11.9. The van der Waals surface area contributed by atoms with Crippen LogP contribution in [0.15, 0.2) is 48.5 Å². The highest BCUT2D eigenvalue weighted by atomic mass is 35.5. The maximum absolute atomic E-state index is 12.2. The highest BCUT2D eigenvalue weighted by Gasteiger charge is 2.21. The Morgan fingerprint density at radius 1 is 1.04 bits per heavy atom. The summed E-state index contributed by atoms with van der Waals surface area (Å²) in [6.45, 7) is 6.95. The minimum absolute atomic E-state index is 0.128. The quantitative estimate of drug-likeness (QED) is 0.279. The number of hydrogen-bond donors (Lipinski definition) is 0. The average Bonchev–Trinajstić information content (AvgIpc) is 2.59. The van der Waals surface area contributed by atoms with E-state index in [1.54, 1.807) is 18.2 Å². The third-order valence-electron chi connectivity index (χ3n) is 3.76. The molecule has 0 amide bonds. The number of halogens is 1. The Kier molecular flexibility index (Phi) is 6.89. The SMILES string of the molecule is CC(C)(C)c1cc(OC(=O)c2ccccc2)ccc1OCCCCCl. The summed E-state index contributed by atoms with van der Waals surface area (Å²) in [6, 6.07) is 14.5. The first-order valence-electron chi connectivity index (χ1n) is 8.52. The molecule has 0 aliphatic carbocycles. The van der Waals surface area contributed by atoms with Gasteiger partial charge in [0.05, 0.1) is 12.2 Å². The summed E-state index contributed by atoms with van der Waals surface area (Å²) in [5.74, 6) is 1.62. The van der Waals surface area contributed by atoms with Crippen molar-refractivity contribution in [2.75, 3.05) is 12.5 Å². The molecule has 0 aliphatic rings. The van der Waals surface area contributed by atoms with Gasteiger partial charge in [-0.15, -0.1) is 11.6 Å². The predicted molar refractivity (Wildman–Crippen MR) is 102 cm³/mol. The number of unbranched alkanes of at least 4 members (excludes halogenated alkanes) is 1. The molecule has 0 heterocycles. The van der Waals surface area contributed by atoms with Gasteiger partial charge in [0.15, 0.2) is 0 Å². The van der Waals surface area contributed by atoms with Crippen molar-refractivity contribution in [3.05, 3.63) is 59.7 Å². The van der Waals surface area contributed by atoms with Crippen molar-refractivity contribution in [1.29, 1.82) is 0 Å². The molecular weight excluding hydrogens is 336 g/mol. The van der Waals surface area contributed by atoms with Gasteiger partial charge in [-0.2, -0.15) is 0 Å². The van der Waals surface area contributed by atoms with Crippen LogP contribution in [-0.4, -0.2) is 18.5 Å². The molecule has 25 heavy (non-hydrogen) atoms. The van der Waals surface area contributed by atoms with Gasteiger partial charge in [-0.3, -0.25) is 0 Å². The smallest absolute Gasteiger partial charge is 0.343 e. The zero-order chi connectivity index (χ0) is 18.3. The molecule has 2 rings (SSSR count). The highest BCUT2D eigenvalue weighted by Crippen LogP contribution is 2.34. The van der Waals surface area contributed by atoms with E-state index in [2.05, 4.69) is 20.8 Å². The molecule has 0 saturated carbocycles. The topological polar surface area (TPSA) is 35.5 Å². The second-order valence-electron chi connectivity index (χ2n) is 6.91. The summed E-state index contributed by atoms with van der Waals surface area (Å²) in [7, 11) is 0. The van der Waals surface area contributed by atoms with Gasteiger partial charge in [0.25, 0.3) is 0 Å². The molecule has 134 valence electrons. The van der Waals surface area contributed by atoms with Gasteiger partial charge in [0, 0.05) is 11.4 Å². The number of carbonyl (C=O) groups is 1. The van der Waals surface area contributed by atoms with E-state index in [4.69, 9.17) is 21.1 Å². The molecule has 4 heteroatoms. The summed E-state index contributed by atoms with van der Waals surface area (Å²) < 4.78 is 11.4. The van der Waals surface area contributed by atoms with Crippen LogP contribution in [0.4, 0.5) is 0 Å². The van der Waals surface area contributed by atoms with E-state index in [0.717, 1.165) is 24.2 Å². The number of hydrogen-bond acceptors (Lipinski definition) is 3. The standard InChI is InChI=1S/C21H25ClO3/c1-21(2,3)18-15-17(11-12-19(18)24-14-8-7-13-22)25-20(23)16-9-5-4-6-10-16/h4-6,9-12,15H,7-8,13-14H2,1-3H3. The minimum Gasteiger partial charge on any atom is -0.493 e. The summed E-state index contributed by atoms with van der Waals surface area (Å²) in [6.07, 6.45) is 1.84. The lowest BCUT2D eigenvalue weighted by Crippen LogP contribution is -2.15.